The van der Waals surface area contributed by atoms with E-state index in [1.54, 1.807) is 0 Å². The van der Waals surface area contributed by atoms with E-state index < -0.39 is 0 Å². The van der Waals surface area contributed by atoms with E-state index in [4.69, 9.17) is 0 Å². The van der Waals surface area contributed by atoms with E-state index in [1.807, 2.05) is 0 Å². The van der Waals surface area contributed by atoms with Crippen molar-refractivity contribution in [2.24, 2.45) is 0 Å². The van der Waals surface area contributed by atoms with E-state index in [0.29, 0.717) is 0 Å². The summed E-state index contributed by atoms with van der Waals surface area (Å²) in [5, 5.41) is 1.53. The van der Waals surface area contributed by atoms with Crippen molar-refractivity contribution in [1.82, 2.24) is 0 Å². The molecule has 1 heteroatoms. The van der Waals surface area contributed by atoms with Crippen molar-refractivity contribution in [3.05, 3.63) is 30.3 Å². The zero-order valence-corrected chi connectivity index (χ0v) is 15.1. The maximum absolute atomic E-state index is 2.29. The van der Waals surface area contributed by atoms with Gasteiger partial charge in [-0.25, -0.2) is 0 Å². The van der Waals surface area contributed by atoms with Crippen LogP contribution in [0.2, 0.25) is 0 Å². The molecule has 0 amide bonds. The summed E-state index contributed by atoms with van der Waals surface area (Å²) < 4.78 is 0. The Balaban J connectivity index is 1.75. The Hall–Kier alpha value is -0.350. The molecule has 120 valence electrons. The van der Waals surface area contributed by atoms with Gasteiger partial charge in [0.1, 0.15) is 0 Å². The fourth-order valence-corrected chi connectivity index (χ4v) is 3.90. The lowest BCUT2D eigenvalue weighted by Crippen LogP contribution is -1.93. The molecule has 0 radical (unpaired) electrons. The minimum Gasteiger partial charge on any atom is -0.0904 e. The second kappa shape index (κ2) is 14.6. The van der Waals surface area contributed by atoms with Crippen LogP contribution in [0.3, 0.4) is 0 Å². The van der Waals surface area contributed by atoms with Crippen LogP contribution in [0.4, 0.5) is 0 Å². The summed E-state index contributed by atoms with van der Waals surface area (Å²) in [6.45, 7) is 2.29. The van der Waals surface area contributed by atoms with Gasteiger partial charge >= 0.3 is 0 Å². The van der Waals surface area contributed by atoms with Crippen LogP contribution in [0.1, 0.15) is 84.0 Å². The largest absolute Gasteiger partial charge is 0.0904 e. The highest BCUT2D eigenvalue weighted by Crippen LogP contribution is 2.15. The van der Waals surface area contributed by atoms with Crippen LogP contribution < -0.4 is 5.30 Å². The number of unbranched alkanes of at least 4 members (excludes halogenated alkanes) is 11. The standard InChI is InChI=1S/C20H35P/c1-2-3-4-5-6-7-8-9-10-11-12-16-19-21-20-17-14-13-15-18-20/h13-15,17-18,21H,2-12,16,19H2,1H3. The number of hydrogen-bond acceptors (Lipinski definition) is 0. The molecule has 0 bridgehead atoms. The number of hydrogen-bond donors (Lipinski definition) is 0. The highest BCUT2D eigenvalue weighted by atomic mass is 31.1. The molecule has 0 spiro atoms. The van der Waals surface area contributed by atoms with Gasteiger partial charge in [0.15, 0.2) is 0 Å². The lowest BCUT2D eigenvalue weighted by molar-refractivity contribution is 0.548. The Morgan fingerprint density at radius 2 is 1.10 bits per heavy atom. The first-order valence-electron chi connectivity index (χ1n) is 9.22. The first-order valence-corrected chi connectivity index (χ1v) is 10.4. The van der Waals surface area contributed by atoms with Gasteiger partial charge in [-0.3, -0.25) is 0 Å². The third kappa shape index (κ3) is 11.9. The Morgan fingerprint density at radius 3 is 1.62 bits per heavy atom. The molecule has 0 aliphatic rings. The van der Waals surface area contributed by atoms with E-state index in [9.17, 15) is 0 Å². The summed E-state index contributed by atoms with van der Waals surface area (Å²) in [7, 11) is 1.02. The topological polar surface area (TPSA) is 0 Å². The third-order valence-electron chi connectivity index (χ3n) is 4.13. The molecule has 0 nitrogen and oxygen atoms in total. The van der Waals surface area contributed by atoms with Crippen LogP contribution in [0.15, 0.2) is 30.3 Å². The van der Waals surface area contributed by atoms with Crippen molar-refractivity contribution in [3.8, 4) is 0 Å². The molecule has 0 aliphatic carbocycles. The van der Waals surface area contributed by atoms with E-state index in [0.717, 1.165) is 8.58 Å². The maximum atomic E-state index is 2.29. The highest BCUT2D eigenvalue weighted by Gasteiger charge is 1.94. The van der Waals surface area contributed by atoms with Crippen molar-refractivity contribution in [2.45, 2.75) is 84.0 Å². The van der Waals surface area contributed by atoms with Crippen LogP contribution in [0, 0.1) is 0 Å². The van der Waals surface area contributed by atoms with E-state index in [1.165, 1.54) is 88.5 Å². The van der Waals surface area contributed by atoms with Gasteiger partial charge in [-0.1, -0.05) is 116 Å². The van der Waals surface area contributed by atoms with Crippen molar-refractivity contribution in [3.63, 3.8) is 0 Å². The zero-order valence-electron chi connectivity index (χ0n) is 14.1. The van der Waals surface area contributed by atoms with Crippen LogP contribution in [0.5, 0.6) is 0 Å². The van der Waals surface area contributed by atoms with Crippen LogP contribution >= 0.6 is 8.58 Å². The Kier molecular flexibility index (Phi) is 13.0. The first kappa shape index (κ1) is 18.7. The normalized spacial score (nSPS) is 11.5. The fourth-order valence-electron chi connectivity index (χ4n) is 2.75. The molecule has 1 rings (SSSR count). The van der Waals surface area contributed by atoms with Gasteiger partial charge < -0.3 is 0 Å². The fraction of sp³-hybridized carbons (Fsp3) is 0.700. The average Bonchev–Trinajstić information content (AvgIpc) is 2.53. The molecule has 0 saturated carbocycles. The van der Waals surface area contributed by atoms with Gasteiger partial charge in [-0.05, 0) is 17.9 Å². The summed E-state index contributed by atoms with van der Waals surface area (Å²) in [5.74, 6) is 0. The molecule has 0 aromatic heterocycles. The second-order valence-corrected chi connectivity index (χ2v) is 7.61. The number of benzene rings is 1. The van der Waals surface area contributed by atoms with Gasteiger partial charge in [0.25, 0.3) is 0 Å². The van der Waals surface area contributed by atoms with E-state index in [2.05, 4.69) is 37.3 Å². The molecule has 0 fully saturated rings. The number of rotatable bonds is 14. The first-order chi connectivity index (χ1) is 10.4. The molecule has 21 heavy (non-hydrogen) atoms. The molecule has 1 unspecified atom stereocenters. The van der Waals surface area contributed by atoms with E-state index >= 15 is 0 Å². The maximum Gasteiger partial charge on any atom is -0.0271 e. The second-order valence-electron chi connectivity index (χ2n) is 6.18. The van der Waals surface area contributed by atoms with Crippen molar-refractivity contribution >= 4 is 13.9 Å². The lowest BCUT2D eigenvalue weighted by atomic mass is 10.1. The summed E-state index contributed by atoms with van der Waals surface area (Å²) in [6.07, 6.45) is 18.8. The predicted octanol–water partition coefficient (Wildman–Crippen LogP) is 6.69. The molecule has 0 aliphatic heterocycles. The summed E-state index contributed by atoms with van der Waals surface area (Å²) in [6, 6.07) is 10.9. The molecule has 1 aromatic rings. The Morgan fingerprint density at radius 1 is 0.619 bits per heavy atom. The van der Waals surface area contributed by atoms with Crippen LogP contribution in [-0.2, 0) is 0 Å². The Bertz CT molecular complexity index is 307. The van der Waals surface area contributed by atoms with E-state index in [-0.39, 0.29) is 0 Å². The summed E-state index contributed by atoms with van der Waals surface area (Å²) in [5.41, 5.74) is 0. The summed E-state index contributed by atoms with van der Waals surface area (Å²) >= 11 is 0. The third-order valence-corrected chi connectivity index (χ3v) is 5.48. The molecule has 1 aromatic carbocycles. The van der Waals surface area contributed by atoms with Crippen LogP contribution in [0.25, 0.3) is 0 Å². The van der Waals surface area contributed by atoms with Crippen molar-refractivity contribution < 1.29 is 0 Å². The van der Waals surface area contributed by atoms with Gasteiger partial charge in [0, 0.05) is 0 Å². The molecule has 1 atom stereocenters. The predicted molar refractivity (Wildman–Crippen MR) is 100 cm³/mol. The van der Waals surface area contributed by atoms with Crippen molar-refractivity contribution in [1.29, 1.82) is 0 Å². The molecule has 0 N–H and O–H groups in total. The van der Waals surface area contributed by atoms with Crippen LogP contribution in [-0.4, -0.2) is 6.16 Å². The average molecular weight is 306 g/mol. The summed E-state index contributed by atoms with van der Waals surface area (Å²) in [4.78, 5) is 0. The van der Waals surface area contributed by atoms with Gasteiger partial charge in [0.2, 0.25) is 0 Å². The molecular formula is C20H35P. The quantitative estimate of drug-likeness (QED) is 0.265. The molecular weight excluding hydrogens is 271 g/mol. The van der Waals surface area contributed by atoms with Gasteiger partial charge in [-0.15, -0.1) is 0 Å². The zero-order chi connectivity index (χ0) is 15.0. The SMILES string of the molecule is CCCCCCCCCCCCCCPc1ccccc1. The highest BCUT2D eigenvalue weighted by molar-refractivity contribution is 7.47. The Labute approximate surface area is 134 Å². The lowest BCUT2D eigenvalue weighted by Gasteiger charge is -2.03. The van der Waals surface area contributed by atoms with Crippen molar-refractivity contribution in [2.75, 3.05) is 6.16 Å². The molecule has 0 heterocycles. The van der Waals surface area contributed by atoms with Gasteiger partial charge in [0.05, 0.1) is 0 Å². The smallest absolute Gasteiger partial charge is 0.0271 e. The monoisotopic (exact) mass is 306 g/mol. The van der Waals surface area contributed by atoms with Gasteiger partial charge in [-0.2, -0.15) is 0 Å². The minimum atomic E-state index is 1.02. The minimum absolute atomic E-state index is 1.02. The molecule has 0 saturated heterocycles.